The van der Waals surface area contributed by atoms with Gasteiger partial charge < -0.3 is 0 Å². The van der Waals surface area contributed by atoms with Gasteiger partial charge in [-0.15, -0.1) is 0 Å². The van der Waals surface area contributed by atoms with Gasteiger partial charge in [0.25, 0.3) is 0 Å². The molecule has 0 aromatic heterocycles. The molecule has 0 aliphatic carbocycles. The number of alkyl halides is 12. The molecule has 0 saturated carbocycles. The van der Waals surface area contributed by atoms with Gasteiger partial charge in [0.2, 0.25) is 0 Å². The minimum Gasteiger partial charge on any atom is -0.264 e. The fourth-order valence-electron chi connectivity index (χ4n) is 2.28. The van der Waals surface area contributed by atoms with E-state index in [4.69, 9.17) is 0 Å². The molecule has 1 aromatic carbocycles. The summed E-state index contributed by atoms with van der Waals surface area (Å²) in [4.78, 5) is 42.4. The molecule has 0 spiro atoms. The molecule has 1 rings (SSSR count). The van der Waals surface area contributed by atoms with Gasteiger partial charge in [-0.3, -0.25) is 29.0 Å². The first-order valence-corrected chi connectivity index (χ1v) is 8.14. The fraction of sp³-hybridized carbons (Fsp3) is 0.375. The Kier molecular flexibility index (Phi) is 8.01. The van der Waals surface area contributed by atoms with Gasteiger partial charge in [0.05, 0.1) is 13.1 Å². The highest BCUT2D eigenvalue weighted by atomic mass is 19.4. The van der Waals surface area contributed by atoms with Crippen LogP contribution in [0.15, 0.2) is 24.3 Å². The molecular weight excluding hydrogens is 512 g/mol. The van der Waals surface area contributed by atoms with E-state index in [-0.39, 0.29) is 0 Å². The van der Waals surface area contributed by atoms with Gasteiger partial charge in [-0.1, -0.05) is 24.3 Å². The Hall–Kier alpha value is -3.34. The van der Waals surface area contributed by atoms with E-state index in [9.17, 15) is 71.9 Å². The van der Waals surface area contributed by atoms with Crippen LogP contribution in [-0.4, -0.2) is 58.1 Å². The van der Waals surface area contributed by atoms with E-state index in [1.54, 1.807) is 0 Å². The van der Waals surface area contributed by atoms with Crippen molar-refractivity contribution in [1.82, 2.24) is 9.80 Å². The van der Waals surface area contributed by atoms with E-state index in [1.165, 1.54) is 0 Å². The summed E-state index contributed by atoms with van der Waals surface area (Å²) in [5, 5.41) is 0. The normalized spacial score (nSPS) is 12.8. The topological polar surface area (TPSA) is 74.8 Å². The van der Waals surface area contributed by atoms with Crippen LogP contribution in [0.5, 0.6) is 0 Å². The highest BCUT2D eigenvalue weighted by Crippen LogP contribution is 2.28. The van der Waals surface area contributed by atoms with E-state index < -0.39 is 82.4 Å². The van der Waals surface area contributed by atoms with Crippen LogP contribution in [0.1, 0.15) is 11.1 Å². The van der Waals surface area contributed by atoms with Crippen molar-refractivity contribution in [3.63, 3.8) is 0 Å². The summed E-state index contributed by atoms with van der Waals surface area (Å²) in [7, 11) is 0. The fourth-order valence-corrected chi connectivity index (χ4v) is 2.28. The summed E-state index contributed by atoms with van der Waals surface area (Å²) < 4.78 is 151. The standard InChI is InChI=1S/C16H8F12N2O4/c17-13(18,19)9(31)29(10(32)14(20,21)22)5-7-2-1-3-8(4-7)6-30(11(33)15(23,24)25)12(34)16(26,27)28/h1-4H,5-6H2. The number of carbonyl (C=O) groups excluding carboxylic acids is 4. The third-order valence-corrected chi connectivity index (χ3v) is 3.62. The number of amides is 4. The molecule has 0 unspecified atom stereocenters. The minimum atomic E-state index is -5.96. The molecule has 0 bridgehead atoms. The van der Waals surface area contributed by atoms with Gasteiger partial charge in [0.1, 0.15) is 0 Å². The van der Waals surface area contributed by atoms with Crippen molar-refractivity contribution >= 4 is 23.6 Å². The number of benzene rings is 1. The van der Waals surface area contributed by atoms with E-state index >= 15 is 0 Å². The highest BCUT2D eigenvalue weighted by molar-refractivity contribution is 6.00. The Bertz CT molecular complexity index is 837. The van der Waals surface area contributed by atoms with Gasteiger partial charge in [0, 0.05) is 0 Å². The summed E-state index contributed by atoms with van der Waals surface area (Å²) in [6.45, 7) is -3.52. The molecule has 0 N–H and O–H groups in total. The average Bonchev–Trinajstić information content (AvgIpc) is 2.65. The number of halogens is 12. The largest absolute Gasteiger partial charge is 0.471 e. The van der Waals surface area contributed by atoms with Gasteiger partial charge in [-0.05, 0) is 11.1 Å². The molecule has 0 aliphatic heterocycles. The van der Waals surface area contributed by atoms with Crippen molar-refractivity contribution in [3.8, 4) is 0 Å². The molecule has 0 atom stereocenters. The first-order chi connectivity index (χ1) is 15.1. The number of hydrogen-bond donors (Lipinski definition) is 0. The Morgan fingerprint density at radius 3 is 0.971 bits per heavy atom. The van der Waals surface area contributed by atoms with Gasteiger partial charge in [-0.2, -0.15) is 52.7 Å². The lowest BCUT2D eigenvalue weighted by molar-refractivity contribution is -0.204. The van der Waals surface area contributed by atoms with Crippen molar-refractivity contribution in [2.75, 3.05) is 0 Å². The first kappa shape index (κ1) is 28.7. The van der Waals surface area contributed by atoms with E-state index in [0.29, 0.717) is 24.3 Å². The third-order valence-electron chi connectivity index (χ3n) is 3.62. The summed E-state index contributed by atoms with van der Waals surface area (Å²) in [5.74, 6) is -13.1. The highest BCUT2D eigenvalue weighted by Gasteiger charge is 2.53. The predicted octanol–water partition coefficient (Wildman–Crippen LogP) is 3.65. The maximum Gasteiger partial charge on any atom is 0.471 e. The molecule has 0 heterocycles. The van der Waals surface area contributed by atoms with E-state index in [1.807, 2.05) is 0 Å². The van der Waals surface area contributed by atoms with Gasteiger partial charge >= 0.3 is 48.3 Å². The number of imide groups is 2. The molecule has 0 fully saturated rings. The smallest absolute Gasteiger partial charge is 0.264 e. The zero-order chi connectivity index (χ0) is 26.9. The summed E-state index contributed by atoms with van der Waals surface area (Å²) in [5.41, 5.74) is -1.60. The number of hydrogen-bond acceptors (Lipinski definition) is 4. The Morgan fingerprint density at radius 1 is 0.529 bits per heavy atom. The zero-order valence-corrected chi connectivity index (χ0v) is 15.8. The molecule has 1 aromatic rings. The van der Waals surface area contributed by atoms with Crippen LogP contribution < -0.4 is 0 Å². The second kappa shape index (κ2) is 9.49. The summed E-state index contributed by atoms with van der Waals surface area (Å²) >= 11 is 0. The number of nitrogens with zero attached hydrogens (tertiary/aromatic N) is 2. The lowest BCUT2D eigenvalue weighted by Crippen LogP contribution is -2.49. The van der Waals surface area contributed by atoms with Crippen LogP contribution in [0, 0.1) is 0 Å². The molecule has 0 saturated heterocycles. The second-order valence-corrected chi connectivity index (χ2v) is 6.20. The predicted molar refractivity (Wildman–Crippen MR) is 81.8 cm³/mol. The zero-order valence-electron chi connectivity index (χ0n) is 15.8. The van der Waals surface area contributed by atoms with Crippen molar-refractivity contribution < 1.29 is 71.9 Å². The van der Waals surface area contributed by atoms with Crippen molar-refractivity contribution in [1.29, 1.82) is 0 Å². The first-order valence-electron chi connectivity index (χ1n) is 8.14. The van der Waals surface area contributed by atoms with Crippen LogP contribution in [0.3, 0.4) is 0 Å². The quantitative estimate of drug-likeness (QED) is 0.569. The average molecular weight is 520 g/mol. The van der Waals surface area contributed by atoms with E-state index in [0.717, 1.165) is 0 Å². The Labute approximate surface area is 179 Å². The summed E-state index contributed by atoms with van der Waals surface area (Å²) in [6, 6.07) is 2.44. The van der Waals surface area contributed by atoms with Crippen LogP contribution in [0.25, 0.3) is 0 Å². The molecule has 18 heteroatoms. The maximum atomic E-state index is 12.6. The molecule has 0 aliphatic rings. The third kappa shape index (κ3) is 7.34. The Balaban J connectivity index is 3.37. The van der Waals surface area contributed by atoms with Crippen molar-refractivity contribution in [2.45, 2.75) is 37.8 Å². The van der Waals surface area contributed by atoms with Crippen LogP contribution >= 0.6 is 0 Å². The maximum absolute atomic E-state index is 12.6. The molecule has 190 valence electrons. The van der Waals surface area contributed by atoms with Crippen molar-refractivity contribution in [2.24, 2.45) is 0 Å². The lowest BCUT2D eigenvalue weighted by atomic mass is 10.1. The monoisotopic (exact) mass is 520 g/mol. The number of carbonyl (C=O) groups is 4. The van der Waals surface area contributed by atoms with E-state index in [2.05, 4.69) is 0 Å². The molecule has 4 amide bonds. The molecule has 34 heavy (non-hydrogen) atoms. The number of rotatable bonds is 4. The lowest BCUT2D eigenvalue weighted by Gasteiger charge is -2.24. The van der Waals surface area contributed by atoms with Crippen LogP contribution in [0.2, 0.25) is 0 Å². The van der Waals surface area contributed by atoms with Crippen molar-refractivity contribution in [3.05, 3.63) is 35.4 Å². The SMILES string of the molecule is O=C(N(Cc1cccc(CN(C(=O)C(F)(F)F)C(=O)C(F)(F)F)c1)C(=O)C(F)(F)F)C(F)(F)F. The van der Waals surface area contributed by atoms with Gasteiger partial charge in [0.15, 0.2) is 0 Å². The van der Waals surface area contributed by atoms with Crippen LogP contribution in [-0.2, 0) is 32.3 Å². The molecule has 6 nitrogen and oxygen atoms in total. The minimum absolute atomic E-state index is 0.390. The summed E-state index contributed by atoms with van der Waals surface area (Å²) in [6.07, 6.45) is -23.9. The van der Waals surface area contributed by atoms with Crippen LogP contribution in [0.4, 0.5) is 52.7 Å². The second-order valence-electron chi connectivity index (χ2n) is 6.20. The Morgan fingerprint density at radius 2 is 0.765 bits per heavy atom. The molecule has 0 radical (unpaired) electrons. The molecular formula is C16H8F12N2O4. The van der Waals surface area contributed by atoms with Gasteiger partial charge in [-0.25, -0.2) is 0 Å².